The lowest BCUT2D eigenvalue weighted by atomic mass is 10.1. The highest BCUT2D eigenvalue weighted by Crippen LogP contribution is 2.28. The van der Waals surface area contributed by atoms with Gasteiger partial charge in [0.05, 0.1) is 11.1 Å². The minimum atomic E-state index is -0.608. The normalized spacial score (nSPS) is 12.5. The minimum Gasteiger partial charge on any atom is -0.444 e. The van der Waals surface area contributed by atoms with Crippen molar-refractivity contribution in [2.24, 2.45) is 0 Å². The Bertz CT molecular complexity index is 618. The molecule has 134 valence electrons. The molecule has 0 aliphatic heterocycles. The van der Waals surface area contributed by atoms with Gasteiger partial charge in [-0.1, -0.05) is 23.2 Å². The molecule has 1 aromatic rings. The second kappa shape index (κ2) is 8.53. The number of carbonyl (C=O) groups is 2. The van der Waals surface area contributed by atoms with E-state index < -0.39 is 23.6 Å². The predicted molar refractivity (Wildman–Crippen MR) is 91.8 cm³/mol. The van der Waals surface area contributed by atoms with Gasteiger partial charge in [-0.3, -0.25) is 4.79 Å². The maximum absolute atomic E-state index is 13.5. The van der Waals surface area contributed by atoms with Crippen molar-refractivity contribution in [1.29, 1.82) is 0 Å². The van der Waals surface area contributed by atoms with E-state index in [4.69, 9.17) is 27.9 Å². The van der Waals surface area contributed by atoms with Crippen LogP contribution in [0.5, 0.6) is 0 Å². The first-order chi connectivity index (χ1) is 11.0. The summed E-state index contributed by atoms with van der Waals surface area (Å²) in [6.45, 7) is 7.03. The molecule has 0 unspecified atom stereocenters. The van der Waals surface area contributed by atoms with Gasteiger partial charge in [-0.15, -0.1) is 0 Å². The van der Waals surface area contributed by atoms with E-state index in [2.05, 4.69) is 10.6 Å². The highest BCUT2D eigenvalue weighted by molar-refractivity contribution is 6.35. The van der Waals surface area contributed by atoms with Gasteiger partial charge < -0.3 is 15.4 Å². The van der Waals surface area contributed by atoms with Gasteiger partial charge in [-0.25, -0.2) is 9.18 Å². The van der Waals surface area contributed by atoms with Crippen LogP contribution in [0.4, 0.5) is 9.18 Å². The predicted octanol–water partition coefficient (Wildman–Crippen LogP) is 4.22. The molecule has 2 N–H and O–H groups in total. The van der Waals surface area contributed by atoms with E-state index in [0.29, 0.717) is 5.56 Å². The molecule has 0 aliphatic carbocycles. The first-order valence-electron chi connectivity index (χ1n) is 7.40. The molecule has 1 rings (SSSR count). The zero-order valence-electron chi connectivity index (χ0n) is 14.0. The maximum Gasteiger partial charge on any atom is 0.407 e. The van der Waals surface area contributed by atoms with Crippen molar-refractivity contribution in [2.75, 3.05) is 6.54 Å². The van der Waals surface area contributed by atoms with E-state index in [1.807, 2.05) is 0 Å². The summed E-state index contributed by atoms with van der Waals surface area (Å²) >= 11 is 11.7. The van der Waals surface area contributed by atoms with E-state index in [9.17, 15) is 14.0 Å². The van der Waals surface area contributed by atoms with Crippen molar-refractivity contribution in [1.82, 2.24) is 10.6 Å². The third-order valence-electron chi connectivity index (χ3n) is 2.90. The summed E-state index contributed by atoms with van der Waals surface area (Å²) < 4.78 is 18.6. The van der Waals surface area contributed by atoms with Gasteiger partial charge >= 0.3 is 6.09 Å². The molecule has 1 aromatic carbocycles. The van der Waals surface area contributed by atoms with Crippen LogP contribution in [-0.4, -0.2) is 24.1 Å². The molecule has 8 heteroatoms. The molecule has 2 amide bonds. The Morgan fingerprint density at radius 3 is 2.46 bits per heavy atom. The van der Waals surface area contributed by atoms with E-state index in [-0.39, 0.29) is 28.9 Å². The lowest BCUT2D eigenvalue weighted by molar-refractivity contribution is -0.121. The summed E-state index contributed by atoms with van der Waals surface area (Å²) in [7, 11) is 0. The summed E-state index contributed by atoms with van der Waals surface area (Å²) in [6, 6.07) is 1.98. The Kier molecular flexibility index (Phi) is 7.29. The zero-order valence-corrected chi connectivity index (χ0v) is 15.5. The van der Waals surface area contributed by atoms with Crippen LogP contribution < -0.4 is 10.6 Å². The third-order valence-corrected chi connectivity index (χ3v) is 3.52. The number of amides is 2. The monoisotopic (exact) mass is 378 g/mol. The Labute approximate surface area is 150 Å². The number of carbonyl (C=O) groups excluding carboxylic acids is 2. The molecule has 0 saturated heterocycles. The van der Waals surface area contributed by atoms with Crippen LogP contribution >= 0.6 is 23.2 Å². The lowest BCUT2D eigenvalue weighted by Gasteiger charge is -2.20. The van der Waals surface area contributed by atoms with E-state index in [1.165, 1.54) is 12.1 Å². The smallest absolute Gasteiger partial charge is 0.407 e. The Hall–Kier alpha value is -1.53. The number of benzene rings is 1. The SMILES string of the molecule is C[C@H](NC(=O)CCNC(=O)OC(C)(C)C)c1cc(F)c(Cl)cc1Cl. The van der Waals surface area contributed by atoms with Gasteiger partial charge in [0.2, 0.25) is 5.91 Å². The molecule has 0 aromatic heterocycles. The zero-order chi connectivity index (χ0) is 18.5. The number of nitrogens with one attached hydrogen (secondary N) is 2. The van der Waals surface area contributed by atoms with E-state index in [0.717, 1.165) is 0 Å². The number of alkyl carbamates (subject to hydrolysis) is 1. The molecular weight excluding hydrogens is 358 g/mol. The van der Waals surface area contributed by atoms with Crippen molar-refractivity contribution in [3.63, 3.8) is 0 Å². The molecule has 0 saturated carbocycles. The fraction of sp³-hybridized carbons (Fsp3) is 0.500. The first kappa shape index (κ1) is 20.5. The van der Waals surface area contributed by atoms with Crippen molar-refractivity contribution in [3.05, 3.63) is 33.6 Å². The molecule has 0 fully saturated rings. The maximum atomic E-state index is 13.5. The first-order valence-corrected chi connectivity index (χ1v) is 8.16. The summed E-state index contributed by atoms with van der Waals surface area (Å²) in [4.78, 5) is 23.4. The van der Waals surface area contributed by atoms with E-state index in [1.54, 1.807) is 27.7 Å². The number of ether oxygens (including phenoxy) is 1. The van der Waals surface area contributed by atoms with Crippen molar-refractivity contribution >= 4 is 35.2 Å². The van der Waals surface area contributed by atoms with Gasteiger partial charge in [-0.05, 0) is 45.4 Å². The topological polar surface area (TPSA) is 67.4 Å². The molecule has 1 atom stereocenters. The number of rotatable bonds is 5. The van der Waals surface area contributed by atoms with Crippen LogP contribution in [0.2, 0.25) is 10.0 Å². The highest BCUT2D eigenvalue weighted by Gasteiger charge is 2.17. The summed E-state index contributed by atoms with van der Waals surface area (Å²) in [6.07, 6.45) is -0.539. The van der Waals surface area contributed by atoms with Gasteiger partial charge in [-0.2, -0.15) is 0 Å². The van der Waals surface area contributed by atoms with Crippen LogP contribution in [0, 0.1) is 5.82 Å². The fourth-order valence-corrected chi connectivity index (χ4v) is 2.40. The van der Waals surface area contributed by atoms with Crippen LogP contribution in [0.3, 0.4) is 0 Å². The Morgan fingerprint density at radius 2 is 1.88 bits per heavy atom. The molecular formula is C16H21Cl2FN2O3. The highest BCUT2D eigenvalue weighted by atomic mass is 35.5. The third kappa shape index (κ3) is 6.93. The molecule has 0 aliphatic rings. The quantitative estimate of drug-likeness (QED) is 0.753. The summed E-state index contributed by atoms with van der Waals surface area (Å²) in [5, 5.41) is 5.35. The van der Waals surface area contributed by atoms with E-state index >= 15 is 0 Å². The average Bonchev–Trinajstić information content (AvgIpc) is 2.40. The van der Waals surface area contributed by atoms with Crippen molar-refractivity contribution in [2.45, 2.75) is 45.8 Å². The average molecular weight is 379 g/mol. The van der Waals surface area contributed by atoms with Crippen LogP contribution in [0.25, 0.3) is 0 Å². The molecule has 0 radical (unpaired) electrons. The number of hydrogen-bond donors (Lipinski definition) is 2. The standard InChI is InChI=1S/C16H21Cl2FN2O3/c1-9(10-7-13(19)12(18)8-11(10)17)21-14(22)5-6-20-15(23)24-16(2,3)4/h7-9H,5-6H2,1-4H3,(H,20,23)(H,21,22)/t9-/m0/s1. The van der Waals surface area contributed by atoms with Crippen LogP contribution in [-0.2, 0) is 9.53 Å². The largest absolute Gasteiger partial charge is 0.444 e. The summed E-state index contributed by atoms with van der Waals surface area (Å²) in [5.74, 6) is -0.922. The molecule has 0 spiro atoms. The van der Waals surface area contributed by atoms with Gasteiger partial charge in [0.1, 0.15) is 11.4 Å². The molecule has 0 bridgehead atoms. The number of hydrogen-bond acceptors (Lipinski definition) is 3. The van der Waals surface area contributed by atoms with Crippen molar-refractivity contribution < 1.29 is 18.7 Å². The Balaban J connectivity index is 2.48. The van der Waals surface area contributed by atoms with Gasteiger partial charge in [0, 0.05) is 18.0 Å². The minimum absolute atomic E-state index is 0.0529. The second-order valence-electron chi connectivity index (χ2n) is 6.26. The molecule has 24 heavy (non-hydrogen) atoms. The van der Waals surface area contributed by atoms with Crippen LogP contribution in [0.1, 0.15) is 45.7 Å². The summed E-state index contributed by atoms with van der Waals surface area (Å²) in [5.41, 5.74) is -0.178. The van der Waals surface area contributed by atoms with Crippen molar-refractivity contribution in [3.8, 4) is 0 Å². The number of halogens is 3. The fourth-order valence-electron chi connectivity index (χ4n) is 1.85. The lowest BCUT2D eigenvalue weighted by Crippen LogP contribution is -2.35. The molecule has 5 nitrogen and oxygen atoms in total. The Morgan fingerprint density at radius 1 is 1.25 bits per heavy atom. The second-order valence-corrected chi connectivity index (χ2v) is 7.07. The van der Waals surface area contributed by atoms with Crippen LogP contribution in [0.15, 0.2) is 12.1 Å². The molecule has 0 heterocycles. The van der Waals surface area contributed by atoms with Gasteiger partial charge in [0.15, 0.2) is 0 Å². The van der Waals surface area contributed by atoms with Gasteiger partial charge in [0.25, 0.3) is 0 Å².